The molecule has 1 saturated heterocycles. The van der Waals surface area contributed by atoms with Crippen molar-refractivity contribution in [2.45, 2.75) is 51.7 Å². The third-order valence-corrected chi connectivity index (χ3v) is 3.20. The van der Waals surface area contributed by atoms with Crippen LogP contribution in [0.5, 0.6) is 0 Å². The first-order valence-corrected chi connectivity index (χ1v) is 5.94. The van der Waals surface area contributed by atoms with Crippen molar-refractivity contribution >= 4 is 0 Å². The van der Waals surface area contributed by atoms with Gasteiger partial charge < -0.3 is 10.0 Å². The summed E-state index contributed by atoms with van der Waals surface area (Å²) in [6.45, 7) is 11.6. The van der Waals surface area contributed by atoms with E-state index in [1.54, 1.807) is 0 Å². The molecule has 0 spiro atoms. The summed E-state index contributed by atoms with van der Waals surface area (Å²) in [5, 5.41) is 9.13. The maximum absolute atomic E-state index is 9.13. The number of piperazine rings is 1. The minimum absolute atomic E-state index is 0.195. The summed E-state index contributed by atoms with van der Waals surface area (Å²) in [5.74, 6) is 0. The fraction of sp³-hybridized carbons (Fsp3) is 1.00. The van der Waals surface area contributed by atoms with Crippen LogP contribution < -0.4 is 0 Å². The monoisotopic (exact) mass is 214 g/mol. The highest BCUT2D eigenvalue weighted by atomic mass is 16.3. The minimum Gasteiger partial charge on any atom is -0.396 e. The third-order valence-electron chi connectivity index (χ3n) is 3.20. The Morgan fingerprint density at radius 3 is 2.33 bits per heavy atom. The van der Waals surface area contributed by atoms with Crippen LogP contribution in [0.25, 0.3) is 0 Å². The highest BCUT2D eigenvalue weighted by molar-refractivity contribution is 4.92. The van der Waals surface area contributed by atoms with Crippen molar-refractivity contribution in [1.29, 1.82) is 0 Å². The van der Waals surface area contributed by atoms with Crippen molar-refractivity contribution in [2.75, 3.05) is 26.7 Å². The van der Waals surface area contributed by atoms with Gasteiger partial charge in [-0.2, -0.15) is 0 Å². The summed E-state index contributed by atoms with van der Waals surface area (Å²) >= 11 is 0. The predicted molar refractivity (Wildman–Crippen MR) is 64.0 cm³/mol. The van der Waals surface area contributed by atoms with Gasteiger partial charge in [-0.25, -0.2) is 0 Å². The summed E-state index contributed by atoms with van der Waals surface area (Å²) in [7, 11) is 2.17. The van der Waals surface area contributed by atoms with Gasteiger partial charge in [0.25, 0.3) is 0 Å². The van der Waals surface area contributed by atoms with Crippen molar-refractivity contribution in [3.8, 4) is 0 Å². The fourth-order valence-corrected chi connectivity index (χ4v) is 3.01. The molecule has 2 unspecified atom stereocenters. The SMILES string of the molecule is CC1CN(C)CC(CCO)N1C(C)(C)C. The lowest BCUT2D eigenvalue weighted by Crippen LogP contribution is -2.62. The largest absolute Gasteiger partial charge is 0.396 e. The molecule has 2 atom stereocenters. The van der Waals surface area contributed by atoms with Crippen LogP contribution in [0, 0.1) is 0 Å². The van der Waals surface area contributed by atoms with Gasteiger partial charge in [-0.1, -0.05) is 0 Å². The molecule has 0 bridgehead atoms. The molecule has 1 aliphatic rings. The van der Waals surface area contributed by atoms with Gasteiger partial charge in [0.1, 0.15) is 0 Å². The molecular formula is C12H26N2O. The van der Waals surface area contributed by atoms with Crippen LogP contribution in [-0.4, -0.2) is 59.3 Å². The first kappa shape index (κ1) is 12.9. The van der Waals surface area contributed by atoms with E-state index in [4.69, 9.17) is 5.11 Å². The molecule has 3 heteroatoms. The standard InChI is InChI=1S/C12H26N2O/c1-10-8-13(5)9-11(6-7-15)14(10)12(2,3)4/h10-11,15H,6-9H2,1-5H3. The zero-order valence-corrected chi connectivity index (χ0v) is 10.8. The Morgan fingerprint density at radius 2 is 1.87 bits per heavy atom. The van der Waals surface area contributed by atoms with E-state index in [0.29, 0.717) is 12.1 Å². The van der Waals surface area contributed by atoms with E-state index in [1.807, 2.05) is 0 Å². The average molecular weight is 214 g/mol. The lowest BCUT2D eigenvalue weighted by molar-refractivity contribution is -0.0296. The van der Waals surface area contributed by atoms with Gasteiger partial charge in [0, 0.05) is 37.3 Å². The lowest BCUT2D eigenvalue weighted by atomic mass is 9.95. The van der Waals surface area contributed by atoms with E-state index in [9.17, 15) is 0 Å². The lowest BCUT2D eigenvalue weighted by Gasteiger charge is -2.51. The molecule has 1 aliphatic heterocycles. The molecule has 0 amide bonds. The van der Waals surface area contributed by atoms with Gasteiger partial charge in [0.15, 0.2) is 0 Å². The first-order chi connectivity index (χ1) is 6.86. The van der Waals surface area contributed by atoms with Crippen molar-refractivity contribution < 1.29 is 5.11 Å². The number of nitrogens with zero attached hydrogens (tertiary/aromatic N) is 2. The molecule has 0 aliphatic carbocycles. The summed E-state index contributed by atoms with van der Waals surface area (Å²) in [5.41, 5.74) is 0.195. The molecular weight excluding hydrogens is 188 g/mol. The molecule has 0 radical (unpaired) electrons. The predicted octanol–water partition coefficient (Wildman–Crippen LogP) is 1.17. The minimum atomic E-state index is 0.195. The molecule has 1 fully saturated rings. The second-order valence-corrected chi connectivity index (χ2v) is 5.81. The van der Waals surface area contributed by atoms with E-state index >= 15 is 0 Å². The maximum Gasteiger partial charge on any atom is 0.0446 e. The topological polar surface area (TPSA) is 26.7 Å². The summed E-state index contributed by atoms with van der Waals surface area (Å²) < 4.78 is 0. The highest BCUT2D eigenvalue weighted by Gasteiger charge is 2.36. The van der Waals surface area contributed by atoms with Gasteiger partial charge in [-0.05, 0) is 41.2 Å². The maximum atomic E-state index is 9.13. The molecule has 0 aromatic rings. The molecule has 3 nitrogen and oxygen atoms in total. The molecule has 1 heterocycles. The summed E-state index contributed by atoms with van der Waals surface area (Å²) in [6, 6.07) is 1.06. The Hall–Kier alpha value is -0.120. The molecule has 15 heavy (non-hydrogen) atoms. The van der Waals surface area contributed by atoms with Crippen molar-refractivity contribution in [2.24, 2.45) is 0 Å². The van der Waals surface area contributed by atoms with E-state index in [0.717, 1.165) is 19.5 Å². The second-order valence-electron chi connectivity index (χ2n) is 5.81. The number of aliphatic hydroxyl groups is 1. The van der Waals surface area contributed by atoms with Crippen LogP contribution in [0.1, 0.15) is 34.1 Å². The van der Waals surface area contributed by atoms with Gasteiger partial charge in [0.2, 0.25) is 0 Å². The molecule has 1 rings (SSSR count). The average Bonchev–Trinajstić information content (AvgIpc) is 1.99. The highest BCUT2D eigenvalue weighted by Crippen LogP contribution is 2.26. The molecule has 90 valence electrons. The molecule has 0 aromatic heterocycles. The first-order valence-electron chi connectivity index (χ1n) is 5.94. The van der Waals surface area contributed by atoms with Gasteiger partial charge in [-0.15, -0.1) is 0 Å². The summed E-state index contributed by atoms with van der Waals surface area (Å²) in [4.78, 5) is 4.93. The summed E-state index contributed by atoms with van der Waals surface area (Å²) in [6.07, 6.45) is 0.881. The fourth-order valence-electron chi connectivity index (χ4n) is 3.01. The third kappa shape index (κ3) is 3.16. The van der Waals surface area contributed by atoms with E-state index in [-0.39, 0.29) is 12.1 Å². The number of aliphatic hydroxyl groups excluding tert-OH is 1. The van der Waals surface area contributed by atoms with Gasteiger partial charge >= 0.3 is 0 Å². The van der Waals surface area contributed by atoms with Crippen LogP contribution in [0.2, 0.25) is 0 Å². The van der Waals surface area contributed by atoms with E-state index in [2.05, 4.69) is 44.5 Å². The zero-order valence-electron chi connectivity index (χ0n) is 10.8. The Labute approximate surface area is 94.1 Å². The Kier molecular flexibility index (Phi) is 4.15. The van der Waals surface area contributed by atoms with Crippen molar-refractivity contribution in [1.82, 2.24) is 9.80 Å². The van der Waals surface area contributed by atoms with Crippen molar-refractivity contribution in [3.63, 3.8) is 0 Å². The Morgan fingerprint density at radius 1 is 1.27 bits per heavy atom. The molecule has 0 aromatic carbocycles. The van der Waals surface area contributed by atoms with Crippen LogP contribution >= 0.6 is 0 Å². The number of likely N-dealkylation sites (N-methyl/N-ethyl adjacent to an activating group) is 1. The van der Waals surface area contributed by atoms with E-state index < -0.39 is 0 Å². The van der Waals surface area contributed by atoms with Gasteiger partial charge in [-0.3, -0.25) is 4.90 Å². The van der Waals surface area contributed by atoms with Crippen LogP contribution in [0.3, 0.4) is 0 Å². The number of hydrogen-bond donors (Lipinski definition) is 1. The van der Waals surface area contributed by atoms with Crippen molar-refractivity contribution in [3.05, 3.63) is 0 Å². The smallest absolute Gasteiger partial charge is 0.0446 e. The van der Waals surface area contributed by atoms with Crippen LogP contribution in [-0.2, 0) is 0 Å². The zero-order chi connectivity index (χ0) is 11.6. The number of rotatable bonds is 2. The van der Waals surface area contributed by atoms with Crippen LogP contribution in [0.15, 0.2) is 0 Å². The molecule has 1 N–H and O–H groups in total. The Balaban J connectivity index is 2.78. The van der Waals surface area contributed by atoms with Gasteiger partial charge in [0.05, 0.1) is 0 Å². The second kappa shape index (κ2) is 4.81. The van der Waals surface area contributed by atoms with Crippen LogP contribution in [0.4, 0.5) is 0 Å². The normalized spacial score (nSPS) is 30.8. The number of hydrogen-bond acceptors (Lipinski definition) is 3. The van der Waals surface area contributed by atoms with E-state index in [1.165, 1.54) is 0 Å². The molecule has 0 saturated carbocycles. The quantitative estimate of drug-likeness (QED) is 0.747. The Bertz CT molecular complexity index is 200.